The minimum Gasteiger partial charge on any atom is -0.350 e. The van der Waals surface area contributed by atoms with Crippen molar-refractivity contribution >= 4 is 45.0 Å². The minimum atomic E-state index is -0.913. The van der Waals surface area contributed by atoms with Crippen LogP contribution in [0.15, 0.2) is 40.9 Å². The van der Waals surface area contributed by atoms with Gasteiger partial charge >= 0.3 is 0 Å². The monoisotopic (exact) mass is 485 g/mol. The van der Waals surface area contributed by atoms with Crippen molar-refractivity contribution in [1.82, 2.24) is 10.6 Å². The predicted octanol–water partition coefficient (Wildman–Crippen LogP) is 4.22. The highest BCUT2D eigenvalue weighted by atomic mass is 79.9. The zero-order valence-corrected chi connectivity index (χ0v) is 17.9. The van der Waals surface area contributed by atoms with Gasteiger partial charge in [0.25, 0.3) is 11.6 Å². The molecular weight excluding hydrogens is 469 g/mol. The normalized spacial score (nSPS) is 11.8. The molecule has 2 rings (SSSR count). The number of non-ortho nitro benzene ring substituents is 1. The predicted molar refractivity (Wildman–Crippen MR) is 110 cm³/mol. The average Bonchev–Trinajstić information content (AvgIpc) is 2.65. The van der Waals surface area contributed by atoms with Crippen LogP contribution in [0.4, 0.5) is 10.1 Å². The van der Waals surface area contributed by atoms with E-state index in [9.17, 15) is 24.1 Å². The van der Waals surface area contributed by atoms with Crippen molar-refractivity contribution in [2.45, 2.75) is 26.4 Å². The van der Waals surface area contributed by atoms with Gasteiger partial charge in [0.1, 0.15) is 11.9 Å². The lowest BCUT2D eigenvalue weighted by Crippen LogP contribution is -2.49. The fourth-order valence-electron chi connectivity index (χ4n) is 2.53. The summed E-state index contributed by atoms with van der Waals surface area (Å²) in [6.07, 6.45) is 0. The van der Waals surface area contributed by atoms with Crippen molar-refractivity contribution < 1.29 is 18.9 Å². The summed E-state index contributed by atoms with van der Waals surface area (Å²) in [7, 11) is 0. The number of halogens is 3. The molecule has 154 valence electrons. The number of carbonyl (C=O) groups excluding carboxylic acids is 2. The van der Waals surface area contributed by atoms with E-state index in [-0.39, 0.29) is 28.7 Å². The van der Waals surface area contributed by atoms with Gasteiger partial charge in [-0.2, -0.15) is 0 Å². The Morgan fingerprint density at radius 3 is 2.52 bits per heavy atom. The van der Waals surface area contributed by atoms with Crippen LogP contribution in [0.3, 0.4) is 0 Å². The standard InChI is InChI=1S/C19H18BrClFN3O4/c1-10(2)17(19(27)23-9-11-7-12(20)3-6-16(11)22)24-18(26)14-5-4-13(25(28)29)8-15(14)21/h3-8,10,17H,9H2,1-2H3,(H,23,27)(H,24,26). The average molecular weight is 487 g/mol. The zero-order chi connectivity index (χ0) is 21.7. The second-order valence-corrected chi connectivity index (χ2v) is 7.89. The van der Waals surface area contributed by atoms with E-state index in [1.807, 2.05) is 0 Å². The fourth-order valence-corrected chi connectivity index (χ4v) is 3.20. The van der Waals surface area contributed by atoms with Gasteiger partial charge in [-0.05, 0) is 30.2 Å². The molecule has 2 N–H and O–H groups in total. The molecule has 7 nitrogen and oxygen atoms in total. The highest BCUT2D eigenvalue weighted by Gasteiger charge is 2.26. The first-order chi connectivity index (χ1) is 13.6. The Hall–Kier alpha value is -2.52. The number of nitro benzene ring substituents is 1. The summed E-state index contributed by atoms with van der Waals surface area (Å²) >= 11 is 9.22. The number of carbonyl (C=O) groups is 2. The van der Waals surface area contributed by atoms with Crippen LogP contribution >= 0.6 is 27.5 Å². The molecular formula is C19H18BrClFN3O4. The van der Waals surface area contributed by atoms with Crippen LogP contribution in [0.5, 0.6) is 0 Å². The number of amides is 2. The quantitative estimate of drug-likeness (QED) is 0.452. The van der Waals surface area contributed by atoms with Crippen LogP contribution < -0.4 is 10.6 Å². The van der Waals surface area contributed by atoms with Crippen LogP contribution in [0.25, 0.3) is 0 Å². The molecule has 2 aromatic carbocycles. The summed E-state index contributed by atoms with van der Waals surface area (Å²) in [6.45, 7) is 3.42. The van der Waals surface area contributed by atoms with Gasteiger partial charge in [0, 0.05) is 28.7 Å². The molecule has 0 radical (unpaired) electrons. The maximum atomic E-state index is 13.8. The van der Waals surface area contributed by atoms with Crippen LogP contribution in [-0.4, -0.2) is 22.8 Å². The van der Waals surface area contributed by atoms with E-state index >= 15 is 0 Å². The third-order valence-electron chi connectivity index (χ3n) is 4.10. The van der Waals surface area contributed by atoms with Gasteiger partial charge in [0.2, 0.25) is 5.91 Å². The van der Waals surface area contributed by atoms with E-state index in [4.69, 9.17) is 11.6 Å². The molecule has 0 aliphatic rings. The SMILES string of the molecule is CC(C)C(NC(=O)c1ccc([N+](=O)[O-])cc1Cl)C(=O)NCc1cc(Br)ccc1F. The highest BCUT2D eigenvalue weighted by Crippen LogP contribution is 2.23. The summed E-state index contributed by atoms with van der Waals surface area (Å²) in [5, 5.41) is 15.9. The number of nitrogens with one attached hydrogen (secondary N) is 2. The molecule has 0 aliphatic heterocycles. The molecule has 1 unspecified atom stereocenters. The highest BCUT2D eigenvalue weighted by molar-refractivity contribution is 9.10. The van der Waals surface area contributed by atoms with Crippen LogP contribution in [0, 0.1) is 21.8 Å². The Bertz CT molecular complexity index is 955. The van der Waals surface area contributed by atoms with Gasteiger partial charge in [-0.25, -0.2) is 4.39 Å². The second-order valence-electron chi connectivity index (χ2n) is 6.57. The minimum absolute atomic E-state index is 0.00810. The van der Waals surface area contributed by atoms with Crippen molar-refractivity contribution in [3.63, 3.8) is 0 Å². The zero-order valence-electron chi connectivity index (χ0n) is 15.5. The number of nitrogens with zero attached hydrogens (tertiary/aromatic N) is 1. The van der Waals surface area contributed by atoms with Gasteiger partial charge in [0.05, 0.1) is 15.5 Å². The lowest BCUT2D eigenvalue weighted by molar-refractivity contribution is -0.384. The lowest BCUT2D eigenvalue weighted by atomic mass is 10.0. The molecule has 0 spiro atoms. The molecule has 2 amide bonds. The van der Waals surface area contributed by atoms with E-state index in [2.05, 4.69) is 26.6 Å². The van der Waals surface area contributed by atoms with Gasteiger partial charge < -0.3 is 10.6 Å². The molecule has 1 atom stereocenters. The van der Waals surface area contributed by atoms with E-state index in [0.29, 0.717) is 10.0 Å². The first kappa shape index (κ1) is 22.8. The van der Waals surface area contributed by atoms with Crippen molar-refractivity contribution in [3.05, 3.63) is 73.0 Å². The largest absolute Gasteiger partial charge is 0.350 e. The molecule has 0 bridgehead atoms. The van der Waals surface area contributed by atoms with Crippen LogP contribution in [-0.2, 0) is 11.3 Å². The number of nitro groups is 1. The molecule has 10 heteroatoms. The summed E-state index contributed by atoms with van der Waals surface area (Å²) in [4.78, 5) is 35.3. The summed E-state index contributed by atoms with van der Waals surface area (Å²) < 4.78 is 14.5. The van der Waals surface area contributed by atoms with Crippen molar-refractivity contribution in [2.24, 2.45) is 5.92 Å². The lowest BCUT2D eigenvalue weighted by Gasteiger charge is -2.22. The van der Waals surface area contributed by atoms with Crippen molar-refractivity contribution in [3.8, 4) is 0 Å². The Kier molecular flexibility index (Phi) is 7.69. The Balaban J connectivity index is 2.11. The van der Waals surface area contributed by atoms with E-state index < -0.39 is 28.6 Å². The Morgan fingerprint density at radius 2 is 1.93 bits per heavy atom. The Morgan fingerprint density at radius 1 is 1.24 bits per heavy atom. The third kappa shape index (κ3) is 5.98. The molecule has 2 aromatic rings. The van der Waals surface area contributed by atoms with E-state index in [0.717, 1.165) is 12.1 Å². The third-order valence-corrected chi connectivity index (χ3v) is 4.91. The second kappa shape index (κ2) is 9.80. The number of hydrogen-bond donors (Lipinski definition) is 2. The maximum absolute atomic E-state index is 13.8. The van der Waals surface area contributed by atoms with E-state index in [1.54, 1.807) is 26.0 Å². The molecule has 0 aliphatic carbocycles. The summed E-state index contributed by atoms with van der Waals surface area (Å²) in [5.41, 5.74) is 0.0504. The van der Waals surface area contributed by atoms with Gasteiger partial charge in [0.15, 0.2) is 0 Å². The molecule has 0 fully saturated rings. The maximum Gasteiger partial charge on any atom is 0.270 e. The van der Waals surface area contributed by atoms with Crippen LogP contribution in [0.2, 0.25) is 5.02 Å². The van der Waals surface area contributed by atoms with Gasteiger partial charge in [-0.1, -0.05) is 41.4 Å². The summed E-state index contributed by atoms with van der Waals surface area (Å²) in [5.74, 6) is -1.88. The first-order valence-corrected chi connectivity index (χ1v) is 9.73. The topological polar surface area (TPSA) is 101 Å². The van der Waals surface area contributed by atoms with E-state index in [1.165, 1.54) is 12.1 Å². The molecule has 0 heterocycles. The molecule has 0 aromatic heterocycles. The molecule has 0 saturated carbocycles. The molecule has 0 saturated heterocycles. The number of benzene rings is 2. The van der Waals surface area contributed by atoms with Crippen molar-refractivity contribution in [1.29, 1.82) is 0 Å². The Labute approximate surface area is 179 Å². The van der Waals surface area contributed by atoms with Gasteiger partial charge in [-0.15, -0.1) is 0 Å². The molecule has 29 heavy (non-hydrogen) atoms. The van der Waals surface area contributed by atoms with Crippen LogP contribution in [0.1, 0.15) is 29.8 Å². The summed E-state index contributed by atoms with van der Waals surface area (Å²) in [6, 6.07) is 6.91. The fraction of sp³-hybridized carbons (Fsp3) is 0.263. The van der Waals surface area contributed by atoms with Crippen molar-refractivity contribution in [2.75, 3.05) is 0 Å². The smallest absolute Gasteiger partial charge is 0.270 e. The first-order valence-electron chi connectivity index (χ1n) is 8.56. The number of hydrogen-bond acceptors (Lipinski definition) is 4. The number of rotatable bonds is 7. The van der Waals surface area contributed by atoms with Gasteiger partial charge in [-0.3, -0.25) is 19.7 Å².